The van der Waals surface area contributed by atoms with Gasteiger partial charge in [0.15, 0.2) is 0 Å². The van der Waals surface area contributed by atoms with Crippen molar-refractivity contribution in [2.45, 2.75) is 0 Å². The Balaban J connectivity index is 3.30. The summed E-state index contributed by atoms with van der Waals surface area (Å²) in [6.45, 7) is 0. The number of nitro benzene ring substituents is 1. The topological polar surface area (TPSA) is 52.4 Å². The summed E-state index contributed by atoms with van der Waals surface area (Å²) in [6.07, 6.45) is 0. The molecule has 0 radical (unpaired) electrons. The molecule has 6 heteroatoms. The second-order valence-corrected chi connectivity index (χ2v) is 3.90. The maximum Gasteiger partial charge on any atom is 0.287 e. The average molecular weight is 311 g/mol. The van der Waals surface area contributed by atoms with E-state index in [-0.39, 0.29) is 5.69 Å². The first-order chi connectivity index (χ1) is 6.06. The summed E-state index contributed by atoms with van der Waals surface area (Å²) < 4.78 is 6.01. The summed E-state index contributed by atoms with van der Waals surface area (Å²) in [5.41, 5.74) is -0.0138. The van der Waals surface area contributed by atoms with Gasteiger partial charge in [-0.15, -0.1) is 0 Å². The number of hydrogen-bond donors (Lipinski definition) is 0. The van der Waals surface area contributed by atoms with E-state index >= 15 is 0 Å². The van der Waals surface area contributed by atoms with Crippen molar-refractivity contribution >= 4 is 37.5 Å². The predicted octanol–water partition coefficient (Wildman–Crippen LogP) is 3.13. The molecule has 13 heavy (non-hydrogen) atoms. The van der Waals surface area contributed by atoms with E-state index in [1.807, 2.05) is 0 Å². The Morgan fingerprint density at radius 3 is 2.46 bits per heavy atom. The number of benzene rings is 1. The van der Waals surface area contributed by atoms with Crippen LogP contribution < -0.4 is 4.74 Å². The van der Waals surface area contributed by atoms with Gasteiger partial charge in [0.25, 0.3) is 5.69 Å². The highest BCUT2D eigenvalue weighted by Gasteiger charge is 2.15. The number of nitro groups is 1. The van der Waals surface area contributed by atoms with E-state index in [9.17, 15) is 10.1 Å². The summed E-state index contributed by atoms with van der Waals surface area (Å²) in [7, 11) is 1.46. The first-order valence-corrected chi connectivity index (χ1v) is 4.82. The van der Waals surface area contributed by atoms with Crippen molar-refractivity contribution in [2.24, 2.45) is 0 Å². The molecule has 1 rings (SSSR count). The number of ether oxygens (including phenoxy) is 1. The first kappa shape index (κ1) is 10.5. The zero-order valence-electron chi connectivity index (χ0n) is 6.58. The third-order valence-corrected chi connectivity index (χ3v) is 2.67. The minimum Gasteiger partial charge on any atom is -0.495 e. The predicted molar refractivity (Wildman–Crippen MR) is 55.0 cm³/mol. The molecule has 0 bridgehead atoms. The van der Waals surface area contributed by atoms with Crippen LogP contribution in [0.3, 0.4) is 0 Å². The molecule has 4 nitrogen and oxygen atoms in total. The minimum absolute atomic E-state index is 0.0138. The van der Waals surface area contributed by atoms with Crippen LogP contribution in [0, 0.1) is 10.1 Å². The van der Waals surface area contributed by atoms with E-state index in [1.165, 1.54) is 13.2 Å². The molecule has 0 unspecified atom stereocenters. The summed E-state index contributed by atoms with van der Waals surface area (Å²) in [5.74, 6) is 0.440. The Morgan fingerprint density at radius 2 is 2.00 bits per heavy atom. The van der Waals surface area contributed by atoms with Crippen LogP contribution in [0.2, 0.25) is 0 Å². The quantitative estimate of drug-likeness (QED) is 0.623. The van der Waals surface area contributed by atoms with Crippen LogP contribution in [0.1, 0.15) is 0 Å². The largest absolute Gasteiger partial charge is 0.495 e. The van der Waals surface area contributed by atoms with Gasteiger partial charge in [-0.05, 0) is 37.9 Å². The van der Waals surface area contributed by atoms with E-state index in [0.717, 1.165) is 0 Å². The van der Waals surface area contributed by atoms with Gasteiger partial charge < -0.3 is 4.74 Å². The maximum absolute atomic E-state index is 10.5. The summed E-state index contributed by atoms with van der Waals surface area (Å²) in [4.78, 5) is 10.0. The fourth-order valence-corrected chi connectivity index (χ4v) is 2.12. The second kappa shape index (κ2) is 4.06. The monoisotopic (exact) mass is 309 g/mol. The summed E-state index contributed by atoms with van der Waals surface area (Å²) in [6, 6.07) is 2.94. The maximum atomic E-state index is 10.5. The Kier molecular flexibility index (Phi) is 3.27. The van der Waals surface area contributed by atoms with Crippen molar-refractivity contribution in [1.82, 2.24) is 0 Å². The molecule has 0 aromatic heterocycles. The molecule has 0 aliphatic rings. The van der Waals surface area contributed by atoms with Gasteiger partial charge in [0.1, 0.15) is 5.75 Å². The highest BCUT2D eigenvalue weighted by Crippen LogP contribution is 2.35. The van der Waals surface area contributed by atoms with Crippen molar-refractivity contribution in [3.8, 4) is 5.75 Å². The molecular weight excluding hydrogens is 306 g/mol. The summed E-state index contributed by atoms with van der Waals surface area (Å²) >= 11 is 6.30. The van der Waals surface area contributed by atoms with Gasteiger partial charge in [0.05, 0.1) is 27.0 Å². The Morgan fingerprint density at radius 1 is 1.38 bits per heavy atom. The first-order valence-electron chi connectivity index (χ1n) is 3.23. The van der Waals surface area contributed by atoms with E-state index in [0.29, 0.717) is 14.7 Å². The van der Waals surface area contributed by atoms with Gasteiger partial charge in [-0.2, -0.15) is 0 Å². The lowest BCUT2D eigenvalue weighted by Gasteiger charge is -2.03. The zero-order chi connectivity index (χ0) is 10.0. The highest BCUT2D eigenvalue weighted by atomic mass is 79.9. The molecule has 0 saturated carbocycles. The van der Waals surface area contributed by atoms with Crippen LogP contribution in [-0.2, 0) is 0 Å². The molecule has 0 saturated heterocycles. The van der Waals surface area contributed by atoms with Crippen LogP contribution in [0.15, 0.2) is 21.1 Å². The summed E-state index contributed by atoms with van der Waals surface area (Å²) in [5, 5.41) is 10.5. The lowest BCUT2D eigenvalue weighted by molar-refractivity contribution is -0.385. The van der Waals surface area contributed by atoms with Gasteiger partial charge in [0, 0.05) is 0 Å². The van der Waals surface area contributed by atoms with E-state index in [4.69, 9.17) is 4.74 Å². The Hall–Kier alpha value is -0.620. The normalized spacial score (nSPS) is 9.77. The van der Waals surface area contributed by atoms with E-state index < -0.39 is 4.92 Å². The molecule has 1 aromatic carbocycles. The molecule has 0 heterocycles. The van der Waals surface area contributed by atoms with Crippen LogP contribution in [0.4, 0.5) is 5.69 Å². The zero-order valence-corrected chi connectivity index (χ0v) is 9.75. The number of hydrogen-bond acceptors (Lipinski definition) is 3. The standard InChI is InChI=1S/C7H5Br2NO3/c1-13-7-3-6(10(11)12)4(8)2-5(7)9/h2-3H,1H3. The van der Waals surface area contributed by atoms with Crippen LogP contribution in [0.5, 0.6) is 5.75 Å². The molecule has 1 aromatic rings. The van der Waals surface area contributed by atoms with Crippen molar-refractivity contribution in [3.05, 3.63) is 31.2 Å². The molecule has 0 aliphatic carbocycles. The molecule has 0 spiro atoms. The van der Waals surface area contributed by atoms with Crippen molar-refractivity contribution in [2.75, 3.05) is 7.11 Å². The lowest BCUT2D eigenvalue weighted by atomic mass is 10.3. The number of rotatable bonds is 2. The van der Waals surface area contributed by atoms with E-state index in [2.05, 4.69) is 31.9 Å². The highest BCUT2D eigenvalue weighted by molar-refractivity contribution is 9.11. The average Bonchev–Trinajstić information content (AvgIpc) is 2.03. The number of halogens is 2. The Bertz CT molecular complexity index is 354. The van der Waals surface area contributed by atoms with Gasteiger partial charge in [-0.1, -0.05) is 0 Å². The minimum atomic E-state index is -0.473. The fraction of sp³-hybridized carbons (Fsp3) is 0.143. The molecule has 0 atom stereocenters. The number of nitrogens with zero attached hydrogens (tertiary/aromatic N) is 1. The molecule has 0 amide bonds. The van der Waals surface area contributed by atoms with Crippen molar-refractivity contribution < 1.29 is 9.66 Å². The molecule has 0 N–H and O–H groups in total. The van der Waals surface area contributed by atoms with Gasteiger partial charge >= 0.3 is 0 Å². The van der Waals surface area contributed by atoms with Crippen LogP contribution in [0.25, 0.3) is 0 Å². The molecule has 0 fully saturated rings. The smallest absolute Gasteiger partial charge is 0.287 e. The third kappa shape index (κ3) is 2.19. The third-order valence-electron chi connectivity index (χ3n) is 1.42. The number of methoxy groups -OCH3 is 1. The fourth-order valence-electron chi connectivity index (χ4n) is 0.815. The van der Waals surface area contributed by atoms with Crippen molar-refractivity contribution in [3.63, 3.8) is 0 Å². The van der Waals surface area contributed by atoms with Gasteiger partial charge in [0.2, 0.25) is 0 Å². The van der Waals surface area contributed by atoms with Crippen LogP contribution >= 0.6 is 31.9 Å². The molecule has 70 valence electrons. The van der Waals surface area contributed by atoms with Gasteiger partial charge in [-0.3, -0.25) is 10.1 Å². The van der Waals surface area contributed by atoms with Gasteiger partial charge in [-0.25, -0.2) is 0 Å². The SMILES string of the molecule is COc1cc([N+](=O)[O-])c(Br)cc1Br. The Labute approximate surface area is 91.3 Å². The molecular formula is C7H5Br2NO3. The van der Waals surface area contributed by atoms with Crippen molar-refractivity contribution in [1.29, 1.82) is 0 Å². The lowest BCUT2D eigenvalue weighted by Crippen LogP contribution is -1.92. The van der Waals surface area contributed by atoms with E-state index in [1.54, 1.807) is 6.07 Å². The second-order valence-electron chi connectivity index (χ2n) is 2.20. The molecule has 0 aliphatic heterocycles. The van der Waals surface area contributed by atoms with Crippen LogP contribution in [-0.4, -0.2) is 12.0 Å².